The topological polar surface area (TPSA) is 72.8 Å². The van der Waals surface area contributed by atoms with E-state index in [1.807, 2.05) is 0 Å². The maximum absolute atomic E-state index is 12.4. The Bertz CT molecular complexity index is 1500. The molecular weight excluding hydrogens is 981 g/mol. The average molecular weight is 1110 g/mol. The lowest BCUT2D eigenvalue weighted by Crippen LogP contribution is -2.28. The van der Waals surface area contributed by atoms with Gasteiger partial charge in [0.25, 0.3) is 0 Å². The fraction of sp³-hybridized carbons (Fsp3) is 0.760. The van der Waals surface area contributed by atoms with Crippen molar-refractivity contribution in [2.45, 2.75) is 354 Å². The number of aliphatic hydroxyl groups excluding tert-OH is 1. The van der Waals surface area contributed by atoms with E-state index < -0.39 is 6.10 Å². The van der Waals surface area contributed by atoms with Gasteiger partial charge in [-0.1, -0.05) is 355 Å². The van der Waals surface area contributed by atoms with Crippen molar-refractivity contribution in [1.82, 2.24) is 0 Å². The van der Waals surface area contributed by atoms with Crippen molar-refractivity contribution in [2.75, 3.05) is 13.2 Å². The first-order valence-corrected chi connectivity index (χ1v) is 34.8. The van der Waals surface area contributed by atoms with Crippen molar-refractivity contribution in [1.29, 1.82) is 0 Å². The number of allylic oxidation sites excluding steroid dienone is 16. The largest absolute Gasteiger partial charge is 0.462 e. The number of ether oxygens (including phenoxy) is 2. The van der Waals surface area contributed by atoms with Crippen LogP contribution in [0.3, 0.4) is 0 Å². The first kappa shape index (κ1) is 76.8. The summed E-state index contributed by atoms with van der Waals surface area (Å²) in [6.45, 7) is 4.07. The number of aliphatic hydroxyl groups is 1. The molecule has 0 heterocycles. The van der Waals surface area contributed by atoms with Gasteiger partial charge in [-0.3, -0.25) is 9.59 Å². The van der Waals surface area contributed by atoms with Gasteiger partial charge in [0.05, 0.1) is 6.61 Å². The highest BCUT2D eigenvalue weighted by molar-refractivity contribution is 5.70. The summed E-state index contributed by atoms with van der Waals surface area (Å²) in [7, 11) is 0. The molecule has 462 valence electrons. The van der Waals surface area contributed by atoms with Crippen LogP contribution >= 0.6 is 0 Å². The molecular formula is C75H132O5. The Hall–Kier alpha value is -3.18. The van der Waals surface area contributed by atoms with Gasteiger partial charge in [0.2, 0.25) is 0 Å². The number of hydrogen-bond donors (Lipinski definition) is 1. The minimum atomic E-state index is -0.776. The number of rotatable bonds is 64. The Labute approximate surface area is 498 Å². The lowest BCUT2D eigenvalue weighted by molar-refractivity contribution is -0.161. The molecule has 5 nitrogen and oxygen atoms in total. The first-order chi connectivity index (χ1) is 39.6. The summed E-state index contributed by atoms with van der Waals surface area (Å²) in [6.07, 6.45) is 100. The molecule has 0 fully saturated rings. The lowest BCUT2D eigenvalue weighted by atomic mass is 10.0. The Morgan fingerprint density at radius 2 is 0.537 bits per heavy atom. The maximum Gasteiger partial charge on any atom is 0.306 e. The molecule has 80 heavy (non-hydrogen) atoms. The van der Waals surface area contributed by atoms with Gasteiger partial charge in [-0.05, 0) is 77.0 Å². The number of esters is 2. The highest BCUT2D eigenvalue weighted by Crippen LogP contribution is 2.18. The SMILES string of the molecule is CC/C=C\C/C=C\C/C=C\C/C=C\C/C=C\C/C=C\C/C=C\C/C=C\CCCCCCCCCCCCCCCCC(=O)OC(CO)COC(=O)CCCCCCCCCCCCCCCCCCCCCCCCCCCCC. The second-order valence-corrected chi connectivity index (χ2v) is 23.2. The van der Waals surface area contributed by atoms with Crippen LogP contribution in [0, 0.1) is 0 Å². The predicted octanol–water partition coefficient (Wildman–Crippen LogP) is 24.2. The third kappa shape index (κ3) is 67.3. The fourth-order valence-electron chi connectivity index (χ4n) is 10.2. The molecule has 1 atom stereocenters. The van der Waals surface area contributed by atoms with E-state index in [1.54, 1.807) is 0 Å². The van der Waals surface area contributed by atoms with Crippen molar-refractivity contribution >= 4 is 11.9 Å². The van der Waals surface area contributed by atoms with E-state index in [0.717, 1.165) is 89.9 Å². The number of carbonyl (C=O) groups excluding carboxylic acids is 2. The molecule has 0 saturated heterocycles. The zero-order chi connectivity index (χ0) is 57.6. The van der Waals surface area contributed by atoms with Crippen LogP contribution in [0.1, 0.15) is 348 Å². The van der Waals surface area contributed by atoms with Crippen LogP contribution < -0.4 is 0 Å². The molecule has 0 rings (SSSR count). The molecule has 0 aromatic heterocycles. The zero-order valence-corrected chi connectivity index (χ0v) is 53.1. The molecule has 1 N–H and O–H groups in total. The second kappa shape index (κ2) is 70.1. The summed E-state index contributed by atoms with van der Waals surface area (Å²) in [4.78, 5) is 24.6. The monoisotopic (exact) mass is 1110 g/mol. The first-order valence-electron chi connectivity index (χ1n) is 34.8. The highest BCUT2D eigenvalue weighted by Gasteiger charge is 2.16. The highest BCUT2D eigenvalue weighted by atomic mass is 16.6. The van der Waals surface area contributed by atoms with Crippen LogP contribution in [-0.4, -0.2) is 36.4 Å². The van der Waals surface area contributed by atoms with Crippen LogP contribution in [0.5, 0.6) is 0 Å². The van der Waals surface area contributed by atoms with Gasteiger partial charge in [-0.15, -0.1) is 0 Å². The third-order valence-corrected chi connectivity index (χ3v) is 15.4. The van der Waals surface area contributed by atoms with Crippen LogP contribution in [0.4, 0.5) is 0 Å². The summed E-state index contributed by atoms with van der Waals surface area (Å²) < 4.78 is 10.8. The quantitative estimate of drug-likeness (QED) is 0.0373. The van der Waals surface area contributed by atoms with Crippen molar-refractivity contribution in [3.05, 3.63) is 97.2 Å². The molecule has 5 heteroatoms. The predicted molar refractivity (Wildman–Crippen MR) is 352 cm³/mol. The third-order valence-electron chi connectivity index (χ3n) is 15.4. The van der Waals surface area contributed by atoms with Crippen LogP contribution in [0.25, 0.3) is 0 Å². The summed E-state index contributed by atoms with van der Waals surface area (Å²) >= 11 is 0. The molecule has 0 saturated carbocycles. The van der Waals surface area contributed by atoms with Crippen molar-refractivity contribution in [3.8, 4) is 0 Å². The van der Waals surface area contributed by atoms with Crippen molar-refractivity contribution < 1.29 is 24.2 Å². The van der Waals surface area contributed by atoms with E-state index in [4.69, 9.17) is 9.47 Å². The van der Waals surface area contributed by atoms with Gasteiger partial charge >= 0.3 is 11.9 Å². The second-order valence-electron chi connectivity index (χ2n) is 23.2. The average Bonchev–Trinajstić information content (AvgIpc) is 3.46. The van der Waals surface area contributed by atoms with Crippen LogP contribution in [0.15, 0.2) is 97.2 Å². The summed E-state index contributed by atoms with van der Waals surface area (Å²) in [5.74, 6) is -0.576. The minimum Gasteiger partial charge on any atom is -0.462 e. The summed E-state index contributed by atoms with van der Waals surface area (Å²) in [6, 6.07) is 0. The molecule has 0 bridgehead atoms. The van der Waals surface area contributed by atoms with Crippen LogP contribution in [-0.2, 0) is 19.1 Å². The van der Waals surface area contributed by atoms with E-state index in [0.29, 0.717) is 12.8 Å². The van der Waals surface area contributed by atoms with Crippen molar-refractivity contribution in [3.63, 3.8) is 0 Å². The van der Waals surface area contributed by atoms with Gasteiger partial charge < -0.3 is 14.6 Å². The maximum atomic E-state index is 12.4. The molecule has 0 aromatic carbocycles. The van der Waals surface area contributed by atoms with Crippen molar-refractivity contribution in [2.24, 2.45) is 0 Å². The molecule has 0 aliphatic carbocycles. The van der Waals surface area contributed by atoms with E-state index >= 15 is 0 Å². The smallest absolute Gasteiger partial charge is 0.306 e. The molecule has 0 amide bonds. The number of carbonyl (C=O) groups is 2. The Morgan fingerprint density at radius 3 is 0.812 bits per heavy atom. The van der Waals surface area contributed by atoms with E-state index in [1.165, 1.54) is 231 Å². The van der Waals surface area contributed by atoms with E-state index in [2.05, 4.69) is 111 Å². The summed E-state index contributed by atoms with van der Waals surface area (Å²) in [5, 5.41) is 9.70. The molecule has 0 aliphatic rings. The van der Waals surface area contributed by atoms with Gasteiger partial charge in [0.1, 0.15) is 6.61 Å². The normalized spacial score (nSPS) is 12.8. The molecule has 0 aromatic rings. The minimum absolute atomic E-state index is 0.0643. The number of hydrogen-bond acceptors (Lipinski definition) is 5. The fourth-order valence-corrected chi connectivity index (χ4v) is 10.2. The Balaban J connectivity index is 3.47. The molecule has 1 unspecified atom stereocenters. The van der Waals surface area contributed by atoms with Gasteiger partial charge in [0.15, 0.2) is 6.10 Å². The molecule has 0 aliphatic heterocycles. The lowest BCUT2D eigenvalue weighted by Gasteiger charge is -2.15. The number of unbranched alkanes of at least 4 members (excludes halogenated alkanes) is 40. The molecule has 0 spiro atoms. The standard InChI is InChI=1S/C75H132O5/c1-3-5-7-9-11-13-15-17-19-21-23-25-27-29-31-32-33-34-35-36-37-38-39-40-41-42-44-46-48-50-52-54-56-58-60-62-64-66-68-70-75(78)80-73(71-76)72-79-74(77)69-67-65-63-61-59-57-55-53-51-49-47-45-43-30-28-26-24-22-20-18-16-14-12-10-8-6-4-2/h5,7,11,13,17,19,23,25,29,31,33-34,36-37,39-40,73,76H,3-4,6,8-10,12,14-16,18,20-22,24,26-28,30,32,35,38,41-72H2,1-2H3/b7-5-,13-11-,19-17-,25-23-,31-29-,34-33-,37-36-,40-39-. The molecule has 0 radical (unpaired) electrons. The van der Waals surface area contributed by atoms with E-state index in [-0.39, 0.29) is 25.2 Å². The van der Waals surface area contributed by atoms with Gasteiger partial charge in [0, 0.05) is 12.8 Å². The Morgan fingerprint density at radius 1 is 0.300 bits per heavy atom. The zero-order valence-electron chi connectivity index (χ0n) is 53.1. The Kier molecular flexibility index (Phi) is 67.3. The summed E-state index contributed by atoms with van der Waals surface area (Å²) in [5.41, 5.74) is 0. The van der Waals surface area contributed by atoms with Crippen LogP contribution in [0.2, 0.25) is 0 Å². The van der Waals surface area contributed by atoms with Gasteiger partial charge in [-0.2, -0.15) is 0 Å². The van der Waals surface area contributed by atoms with Gasteiger partial charge in [-0.25, -0.2) is 0 Å². The van der Waals surface area contributed by atoms with E-state index in [9.17, 15) is 14.7 Å².